The molecule has 4 rings (SSSR count). The van der Waals surface area contributed by atoms with Gasteiger partial charge in [0.2, 0.25) is 5.91 Å². The Bertz CT molecular complexity index is 996. The molecule has 168 valence electrons. The number of anilines is 2. The number of halogens is 6. The van der Waals surface area contributed by atoms with Gasteiger partial charge in [-0.2, -0.15) is 31.4 Å². The molecule has 2 aromatic rings. The molecule has 2 aliphatic rings. The van der Waals surface area contributed by atoms with Crippen LogP contribution in [0.5, 0.6) is 0 Å². The Balaban J connectivity index is 1.60. The number of nitrogens with one attached hydrogen (secondary N) is 2. The van der Waals surface area contributed by atoms with E-state index in [4.69, 9.17) is 0 Å². The first kappa shape index (κ1) is 21.4. The summed E-state index contributed by atoms with van der Waals surface area (Å²) in [5.41, 5.74) is -4.80. The smallest absolute Gasteiger partial charge is 0.376 e. The lowest BCUT2D eigenvalue weighted by atomic mass is 9.81. The van der Waals surface area contributed by atoms with Gasteiger partial charge in [-0.1, -0.05) is 0 Å². The Morgan fingerprint density at radius 1 is 1.16 bits per heavy atom. The second-order valence-corrected chi connectivity index (χ2v) is 7.58. The number of hydrogen-bond acceptors (Lipinski definition) is 5. The highest BCUT2D eigenvalue weighted by atomic mass is 19.4. The number of aromatic nitrogens is 3. The minimum atomic E-state index is -5.12. The SMILES string of the molecule is O=C1CC(O)(C(F)(F)F)c2c(n[nH]c2C2CCN(c3ncccc3C(F)(F)F)CC2)N1. The number of aliphatic hydroxyl groups is 1. The number of H-pyrrole nitrogens is 1. The molecule has 0 saturated carbocycles. The zero-order chi connectivity index (χ0) is 22.6. The number of carbonyl (C=O) groups is 1. The van der Waals surface area contributed by atoms with E-state index in [-0.39, 0.29) is 37.4 Å². The lowest BCUT2D eigenvalue weighted by molar-refractivity contribution is -0.267. The van der Waals surface area contributed by atoms with Gasteiger partial charge in [0.15, 0.2) is 11.4 Å². The molecule has 0 radical (unpaired) electrons. The number of pyridine rings is 1. The Kier molecular flexibility index (Phi) is 4.91. The van der Waals surface area contributed by atoms with Gasteiger partial charge in [-0.05, 0) is 25.0 Å². The van der Waals surface area contributed by atoms with Crippen LogP contribution in [0.4, 0.5) is 38.0 Å². The first-order chi connectivity index (χ1) is 14.4. The largest absolute Gasteiger partial charge is 0.422 e. The zero-order valence-electron chi connectivity index (χ0n) is 15.8. The highest BCUT2D eigenvalue weighted by Gasteiger charge is 2.61. The number of carbonyl (C=O) groups excluding carboxylic acids is 1. The van der Waals surface area contributed by atoms with Gasteiger partial charge < -0.3 is 15.3 Å². The molecule has 0 aromatic carbocycles. The van der Waals surface area contributed by atoms with Crippen molar-refractivity contribution in [3.8, 4) is 0 Å². The highest BCUT2D eigenvalue weighted by molar-refractivity contribution is 5.94. The van der Waals surface area contributed by atoms with E-state index in [1.807, 2.05) is 0 Å². The zero-order valence-corrected chi connectivity index (χ0v) is 15.8. The second kappa shape index (κ2) is 7.11. The van der Waals surface area contributed by atoms with Crippen molar-refractivity contribution in [2.45, 2.75) is 43.1 Å². The van der Waals surface area contributed by atoms with Crippen molar-refractivity contribution in [3.05, 3.63) is 35.2 Å². The van der Waals surface area contributed by atoms with E-state index in [1.165, 1.54) is 17.2 Å². The van der Waals surface area contributed by atoms with Crippen molar-refractivity contribution < 1.29 is 36.2 Å². The van der Waals surface area contributed by atoms with Gasteiger partial charge in [0, 0.05) is 30.9 Å². The topological polar surface area (TPSA) is 94.1 Å². The van der Waals surface area contributed by atoms with Gasteiger partial charge in [0.05, 0.1) is 17.5 Å². The van der Waals surface area contributed by atoms with Gasteiger partial charge in [-0.25, -0.2) is 4.98 Å². The number of aromatic amines is 1. The van der Waals surface area contributed by atoms with Gasteiger partial charge in [-0.3, -0.25) is 9.89 Å². The number of nitrogens with zero attached hydrogens (tertiary/aromatic N) is 3. The van der Waals surface area contributed by atoms with E-state index >= 15 is 0 Å². The number of hydrogen-bond donors (Lipinski definition) is 3. The molecule has 2 aliphatic heterocycles. The van der Waals surface area contributed by atoms with Gasteiger partial charge >= 0.3 is 12.4 Å². The molecule has 0 spiro atoms. The molecule has 1 amide bonds. The molecule has 1 saturated heterocycles. The summed E-state index contributed by atoms with van der Waals surface area (Å²) in [4.78, 5) is 16.9. The summed E-state index contributed by atoms with van der Waals surface area (Å²) in [6.07, 6.45) is -9.26. The molecule has 2 aromatic heterocycles. The van der Waals surface area contributed by atoms with Crippen LogP contribution in [0.15, 0.2) is 18.3 Å². The molecular weight excluding hydrogens is 432 g/mol. The Hall–Kier alpha value is -2.83. The van der Waals surface area contributed by atoms with Crippen molar-refractivity contribution in [1.29, 1.82) is 0 Å². The average molecular weight is 449 g/mol. The quantitative estimate of drug-likeness (QED) is 0.612. The van der Waals surface area contributed by atoms with Gasteiger partial charge in [0.1, 0.15) is 5.82 Å². The fraction of sp³-hybridized carbons (Fsp3) is 0.500. The molecule has 0 aliphatic carbocycles. The van der Waals surface area contributed by atoms with Crippen molar-refractivity contribution in [1.82, 2.24) is 15.2 Å². The number of amides is 1. The first-order valence-corrected chi connectivity index (χ1v) is 9.36. The molecule has 1 atom stereocenters. The number of fused-ring (bicyclic) bond motifs is 1. The summed E-state index contributed by atoms with van der Waals surface area (Å²) in [6.45, 7) is 0.213. The van der Waals surface area contributed by atoms with E-state index < -0.39 is 53.1 Å². The van der Waals surface area contributed by atoms with Crippen LogP contribution in [0.1, 0.15) is 42.0 Å². The summed E-state index contributed by atoms with van der Waals surface area (Å²) in [6, 6.07) is 2.11. The third-order valence-corrected chi connectivity index (χ3v) is 5.65. The third kappa shape index (κ3) is 3.60. The molecular formula is C18H17F6N5O2. The molecule has 4 heterocycles. The number of piperidine rings is 1. The minimum Gasteiger partial charge on any atom is -0.376 e. The summed E-state index contributed by atoms with van der Waals surface area (Å²) in [7, 11) is 0. The Morgan fingerprint density at radius 2 is 1.84 bits per heavy atom. The minimum absolute atomic E-state index is 0.0199. The van der Waals surface area contributed by atoms with Gasteiger partial charge in [0.25, 0.3) is 0 Å². The fourth-order valence-electron chi connectivity index (χ4n) is 4.15. The molecule has 31 heavy (non-hydrogen) atoms. The van der Waals surface area contributed by atoms with Crippen molar-refractivity contribution in [3.63, 3.8) is 0 Å². The molecule has 0 bridgehead atoms. The van der Waals surface area contributed by atoms with Gasteiger partial charge in [-0.15, -0.1) is 0 Å². The van der Waals surface area contributed by atoms with Crippen LogP contribution in [-0.4, -0.2) is 45.5 Å². The Morgan fingerprint density at radius 3 is 2.45 bits per heavy atom. The highest BCUT2D eigenvalue weighted by Crippen LogP contribution is 2.50. The third-order valence-electron chi connectivity index (χ3n) is 5.65. The maximum absolute atomic E-state index is 13.6. The maximum Gasteiger partial charge on any atom is 0.422 e. The van der Waals surface area contributed by atoms with Crippen LogP contribution >= 0.6 is 0 Å². The lowest BCUT2D eigenvalue weighted by Crippen LogP contribution is -2.49. The van der Waals surface area contributed by atoms with Crippen molar-refractivity contribution >= 4 is 17.5 Å². The predicted molar refractivity (Wildman–Crippen MR) is 95.2 cm³/mol. The second-order valence-electron chi connectivity index (χ2n) is 7.58. The number of alkyl halides is 6. The van der Waals surface area contributed by atoms with Crippen LogP contribution in [0.25, 0.3) is 0 Å². The molecule has 1 unspecified atom stereocenters. The van der Waals surface area contributed by atoms with Crippen LogP contribution in [-0.2, 0) is 16.6 Å². The van der Waals surface area contributed by atoms with E-state index in [0.717, 1.165) is 6.07 Å². The summed E-state index contributed by atoms with van der Waals surface area (Å²) in [5, 5.41) is 18.8. The average Bonchev–Trinajstić information content (AvgIpc) is 3.11. The van der Waals surface area contributed by atoms with E-state index in [0.29, 0.717) is 0 Å². The molecule has 3 N–H and O–H groups in total. The summed E-state index contributed by atoms with van der Waals surface area (Å²) < 4.78 is 80.8. The number of rotatable bonds is 2. The monoisotopic (exact) mass is 449 g/mol. The maximum atomic E-state index is 13.6. The van der Waals surface area contributed by atoms with Crippen LogP contribution in [0, 0.1) is 0 Å². The summed E-state index contributed by atoms with van der Waals surface area (Å²) >= 11 is 0. The molecule has 13 heteroatoms. The Labute approximate surface area is 171 Å². The van der Waals surface area contributed by atoms with Crippen LogP contribution in [0.3, 0.4) is 0 Å². The standard InChI is InChI=1S/C18H17F6N5O2/c19-17(20,21)10-2-1-5-25-15(10)29-6-3-9(4-7-29)13-12-14(28-27-13)26-11(30)8-16(12,31)18(22,23)24/h1-2,5,9,31H,3-4,6-8H2,(H2,26,27,28,30). The first-order valence-electron chi connectivity index (χ1n) is 9.36. The van der Waals surface area contributed by atoms with Crippen molar-refractivity contribution in [2.75, 3.05) is 23.3 Å². The lowest BCUT2D eigenvalue weighted by Gasteiger charge is -2.37. The predicted octanol–water partition coefficient (Wildman–Crippen LogP) is 3.30. The normalized spacial score (nSPS) is 22.9. The molecule has 7 nitrogen and oxygen atoms in total. The van der Waals surface area contributed by atoms with Crippen LogP contribution < -0.4 is 10.2 Å². The van der Waals surface area contributed by atoms with Crippen molar-refractivity contribution in [2.24, 2.45) is 0 Å². The molecule has 1 fully saturated rings. The van der Waals surface area contributed by atoms with E-state index in [1.54, 1.807) is 0 Å². The van der Waals surface area contributed by atoms with E-state index in [2.05, 4.69) is 20.5 Å². The fourth-order valence-corrected chi connectivity index (χ4v) is 4.15. The van der Waals surface area contributed by atoms with E-state index in [9.17, 15) is 36.2 Å². The van der Waals surface area contributed by atoms with Crippen LogP contribution in [0.2, 0.25) is 0 Å². The summed E-state index contributed by atoms with van der Waals surface area (Å²) in [5.74, 6) is -2.18.